The smallest absolute Gasteiger partial charge is 0.147 e. The molecule has 0 aromatic heterocycles. The van der Waals surface area contributed by atoms with Crippen LogP contribution in [-0.4, -0.2) is 10.5 Å². The molecule has 3 rings (SSSR count). The SMILES string of the molecule is Cc1ccccc1C(O[SiH3])C(Cl)(c1ccccc1C)c1ccccc1C. The second-order valence-electron chi connectivity index (χ2n) is 6.81. The van der Waals surface area contributed by atoms with E-state index in [1.807, 2.05) is 0 Å². The van der Waals surface area contributed by atoms with Crippen molar-refractivity contribution in [3.05, 3.63) is 106 Å². The van der Waals surface area contributed by atoms with E-state index in [-0.39, 0.29) is 6.10 Å². The summed E-state index contributed by atoms with van der Waals surface area (Å²) in [5.74, 6) is 0. The second kappa shape index (κ2) is 7.79. The number of rotatable bonds is 5. The minimum absolute atomic E-state index is 0.251. The Balaban J connectivity index is 2.33. The van der Waals surface area contributed by atoms with Gasteiger partial charge in [0, 0.05) is 0 Å². The zero-order valence-corrected chi connectivity index (χ0v) is 18.5. The molecule has 0 radical (unpaired) electrons. The fourth-order valence-corrected chi connectivity index (χ4v) is 5.16. The largest absolute Gasteiger partial charge is 0.419 e. The van der Waals surface area contributed by atoms with Gasteiger partial charge in [-0.2, -0.15) is 0 Å². The van der Waals surface area contributed by atoms with E-state index in [4.69, 9.17) is 16.0 Å². The lowest BCUT2D eigenvalue weighted by Crippen LogP contribution is -2.33. The first-order chi connectivity index (χ1) is 12.5. The zero-order chi connectivity index (χ0) is 18.7. The average molecular weight is 381 g/mol. The van der Waals surface area contributed by atoms with Gasteiger partial charge in [-0.15, -0.1) is 11.6 Å². The molecule has 0 heterocycles. The molecule has 0 aliphatic carbocycles. The standard InChI is InChI=1S/C23H25ClOSi/c1-16-10-4-7-13-19(16)22(25-26)23(24,20-14-8-5-11-17(20)2)21-15-9-6-12-18(21)3/h4-15,22H,1-3,26H3. The van der Waals surface area contributed by atoms with Crippen molar-refractivity contribution >= 4 is 22.1 Å². The molecule has 0 aliphatic rings. The summed E-state index contributed by atoms with van der Waals surface area (Å²) in [7, 11) is 0.599. The molecule has 0 saturated heterocycles. The fraction of sp³-hybridized carbons (Fsp3) is 0.217. The molecule has 0 spiro atoms. The lowest BCUT2D eigenvalue weighted by molar-refractivity contribution is 0.185. The summed E-state index contributed by atoms with van der Waals surface area (Å²) < 4.78 is 6.21. The molecule has 1 atom stereocenters. The predicted octanol–water partition coefficient (Wildman–Crippen LogP) is 5.13. The number of halogens is 1. The van der Waals surface area contributed by atoms with E-state index in [9.17, 15) is 0 Å². The predicted molar refractivity (Wildman–Crippen MR) is 114 cm³/mol. The maximum atomic E-state index is 7.57. The van der Waals surface area contributed by atoms with Crippen molar-refractivity contribution in [1.29, 1.82) is 0 Å². The highest BCUT2D eigenvalue weighted by Crippen LogP contribution is 2.50. The van der Waals surface area contributed by atoms with Crippen molar-refractivity contribution in [2.45, 2.75) is 31.7 Å². The van der Waals surface area contributed by atoms with Crippen LogP contribution in [0.5, 0.6) is 0 Å². The van der Waals surface area contributed by atoms with Crippen LogP contribution in [0.15, 0.2) is 72.8 Å². The van der Waals surface area contributed by atoms with Crippen molar-refractivity contribution in [2.75, 3.05) is 0 Å². The van der Waals surface area contributed by atoms with E-state index >= 15 is 0 Å². The van der Waals surface area contributed by atoms with E-state index in [1.54, 1.807) is 0 Å². The summed E-state index contributed by atoms with van der Waals surface area (Å²) >= 11 is 7.57. The Morgan fingerprint density at radius 3 is 1.58 bits per heavy atom. The lowest BCUT2D eigenvalue weighted by Gasteiger charge is -2.39. The molecular weight excluding hydrogens is 356 g/mol. The van der Waals surface area contributed by atoms with E-state index in [0.29, 0.717) is 10.5 Å². The molecule has 1 unspecified atom stereocenters. The van der Waals surface area contributed by atoms with Gasteiger partial charge in [0.2, 0.25) is 0 Å². The van der Waals surface area contributed by atoms with E-state index in [2.05, 4.69) is 93.6 Å². The number of aryl methyl sites for hydroxylation is 3. The second-order valence-corrected chi connectivity index (χ2v) is 7.88. The summed E-state index contributed by atoms with van der Waals surface area (Å²) in [6, 6.07) is 25.1. The Morgan fingerprint density at radius 2 is 1.15 bits per heavy atom. The van der Waals surface area contributed by atoms with Crippen molar-refractivity contribution in [2.24, 2.45) is 0 Å². The molecule has 0 N–H and O–H groups in total. The molecule has 26 heavy (non-hydrogen) atoms. The van der Waals surface area contributed by atoms with Crippen molar-refractivity contribution < 1.29 is 4.43 Å². The van der Waals surface area contributed by atoms with Gasteiger partial charge in [-0.05, 0) is 54.2 Å². The summed E-state index contributed by atoms with van der Waals surface area (Å²) in [4.78, 5) is -0.787. The Labute approximate surface area is 164 Å². The number of hydrogen-bond acceptors (Lipinski definition) is 1. The molecular formula is C23H25ClOSi. The highest BCUT2D eigenvalue weighted by molar-refractivity contribution is 6.27. The molecule has 3 aromatic carbocycles. The fourth-order valence-electron chi connectivity index (χ4n) is 3.77. The van der Waals surface area contributed by atoms with Crippen LogP contribution in [0.2, 0.25) is 0 Å². The van der Waals surface area contributed by atoms with Crippen molar-refractivity contribution in [1.82, 2.24) is 0 Å². The first-order valence-electron chi connectivity index (χ1n) is 8.89. The third-order valence-corrected chi connectivity index (χ3v) is 6.22. The van der Waals surface area contributed by atoms with Crippen molar-refractivity contribution in [3.63, 3.8) is 0 Å². The topological polar surface area (TPSA) is 9.23 Å². The van der Waals surface area contributed by atoms with Gasteiger partial charge in [-0.25, -0.2) is 0 Å². The lowest BCUT2D eigenvalue weighted by atomic mass is 9.78. The summed E-state index contributed by atoms with van der Waals surface area (Å²) in [6.45, 7) is 6.36. The number of alkyl halides is 1. The molecule has 3 heteroatoms. The molecule has 0 saturated carbocycles. The number of hydrogen-bond donors (Lipinski definition) is 0. The van der Waals surface area contributed by atoms with Crippen LogP contribution in [0, 0.1) is 20.8 Å². The Morgan fingerprint density at radius 1 is 0.731 bits per heavy atom. The van der Waals surface area contributed by atoms with Crippen LogP contribution in [0.3, 0.4) is 0 Å². The quantitative estimate of drug-likeness (QED) is 0.440. The summed E-state index contributed by atoms with van der Waals surface area (Å²) in [5, 5.41) is 0. The van der Waals surface area contributed by atoms with E-state index < -0.39 is 4.87 Å². The maximum absolute atomic E-state index is 7.57. The minimum atomic E-state index is -0.787. The Kier molecular flexibility index (Phi) is 5.66. The van der Waals surface area contributed by atoms with Gasteiger partial charge in [0.1, 0.15) is 15.4 Å². The zero-order valence-electron chi connectivity index (χ0n) is 15.8. The third-order valence-electron chi connectivity index (χ3n) is 5.14. The van der Waals surface area contributed by atoms with Gasteiger partial charge in [-0.1, -0.05) is 72.8 Å². The Bertz CT molecular complexity index is 860. The summed E-state index contributed by atoms with van der Waals surface area (Å²) in [5.41, 5.74) is 6.87. The highest BCUT2D eigenvalue weighted by atomic mass is 35.5. The van der Waals surface area contributed by atoms with E-state index in [1.165, 1.54) is 16.7 Å². The van der Waals surface area contributed by atoms with Crippen LogP contribution >= 0.6 is 11.6 Å². The van der Waals surface area contributed by atoms with E-state index in [0.717, 1.165) is 16.7 Å². The molecule has 0 aliphatic heterocycles. The van der Waals surface area contributed by atoms with Crippen LogP contribution in [0.25, 0.3) is 0 Å². The van der Waals surface area contributed by atoms with Crippen LogP contribution in [0.1, 0.15) is 39.5 Å². The normalized spacial score (nSPS) is 12.9. The van der Waals surface area contributed by atoms with Crippen LogP contribution in [0.4, 0.5) is 0 Å². The minimum Gasteiger partial charge on any atom is -0.419 e. The van der Waals surface area contributed by atoms with Gasteiger partial charge >= 0.3 is 0 Å². The monoisotopic (exact) mass is 380 g/mol. The first-order valence-corrected chi connectivity index (χ1v) is 10.1. The van der Waals surface area contributed by atoms with Gasteiger partial charge in [0.05, 0.1) is 6.10 Å². The molecule has 0 bridgehead atoms. The molecule has 0 amide bonds. The van der Waals surface area contributed by atoms with Crippen LogP contribution < -0.4 is 0 Å². The molecule has 0 fully saturated rings. The van der Waals surface area contributed by atoms with Crippen LogP contribution in [-0.2, 0) is 9.30 Å². The maximum Gasteiger partial charge on any atom is 0.147 e. The molecule has 134 valence electrons. The Hall–Kier alpha value is -1.87. The average Bonchev–Trinajstić information content (AvgIpc) is 2.64. The third kappa shape index (κ3) is 3.25. The van der Waals surface area contributed by atoms with Gasteiger partial charge in [-0.3, -0.25) is 0 Å². The molecule has 1 nitrogen and oxygen atoms in total. The molecule has 3 aromatic rings. The number of benzene rings is 3. The first kappa shape index (κ1) is 18.9. The summed E-state index contributed by atoms with van der Waals surface area (Å²) in [6.07, 6.45) is -0.251. The van der Waals surface area contributed by atoms with Gasteiger partial charge in [0.15, 0.2) is 0 Å². The van der Waals surface area contributed by atoms with Crippen molar-refractivity contribution in [3.8, 4) is 0 Å². The van der Waals surface area contributed by atoms with Gasteiger partial charge in [0.25, 0.3) is 0 Å². The highest BCUT2D eigenvalue weighted by Gasteiger charge is 2.43. The van der Waals surface area contributed by atoms with Gasteiger partial charge < -0.3 is 4.43 Å².